The van der Waals surface area contributed by atoms with Gasteiger partial charge in [0.1, 0.15) is 0 Å². The lowest BCUT2D eigenvalue weighted by Gasteiger charge is -2.18. The summed E-state index contributed by atoms with van der Waals surface area (Å²) in [6, 6.07) is 5.94. The molecule has 0 aromatic heterocycles. The van der Waals surface area contributed by atoms with Crippen molar-refractivity contribution in [3.05, 3.63) is 34.9 Å². The Hall–Kier alpha value is -1.39. The van der Waals surface area contributed by atoms with Gasteiger partial charge >= 0.3 is 0 Å². The minimum atomic E-state index is -0.0363. The summed E-state index contributed by atoms with van der Waals surface area (Å²) in [5.41, 5.74) is 3.24. The minimum Gasteiger partial charge on any atom is -0.396 e. The summed E-state index contributed by atoms with van der Waals surface area (Å²) in [6.45, 7) is 2.60. The molecule has 0 radical (unpaired) electrons. The van der Waals surface area contributed by atoms with E-state index in [9.17, 15) is 9.90 Å². The van der Waals surface area contributed by atoms with Crippen molar-refractivity contribution in [1.29, 1.82) is 0 Å². The summed E-state index contributed by atoms with van der Waals surface area (Å²) < 4.78 is 0. The molecule has 4 nitrogen and oxygen atoms in total. The van der Waals surface area contributed by atoms with E-state index in [2.05, 4.69) is 16.7 Å². The van der Waals surface area contributed by atoms with Crippen molar-refractivity contribution in [1.82, 2.24) is 10.6 Å². The fraction of sp³-hybridized carbons (Fsp3) is 0.533. The number of rotatable bonds is 4. The largest absolute Gasteiger partial charge is 0.396 e. The van der Waals surface area contributed by atoms with E-state index < -0.39 is 0 Å². The van der Waals surface area contributed by atoms with E-state index in [1.165, 1.54) is 11.1 Å². The highest BCUT2D eigenvalue weighted by Gasteiger charge is 2.42. The number of nitrogens with one attached hydrogen (secondary N) is 2. The van der Waals surface area contributed by atoms with Crippen LogP contribution < -0.4 is 10.6 Å². The molecule has 102 valence electrons. The molecule has 1 aromatic rings. The summed E-state index contributed by atoms with van der Waals surface area (Å²) in [5, 5.41) is 15.5. The number of aliphatic hydroxyl groups is 1. The van der Waals surface area contributed by atoms with Crippen LogP contribution in [-0.4, -0.2) is 30.7 Å². The first-order chi connectivity index (χ1) is 9.22. The second kappa shape index (κ2) is 4.94. The molecule has 19 heavy (non-hydrogen) atoms. The smallest absolute Gasteiger partial charge is 0.251 e. The topological polar surface area (TPSA) is 61.4 Å². The van der Waals surface area contributed by atoms with Gasteiger partial charge in [-0.15, -0.1) is 0 Å². The highest BCUT2D eigenvalue weighted by Crippen LogP contribution is 2.44. The molecule has 1 aliphatic carbocycles. The number of aliphatic hydroxyl groups excluding tert-OH is 1. The van der Waals surface area contributed by atoms with Crippen molar-refractivity contribution in [3.8, 4) is 0 Å². The average Bonchev–Trinajstić information content (AvgIpc) is 3.25. The van der Waals surface area contributed by atoms with E-state index in [1.807, 2.05) is 12.1 Å². The molecular formula is C15H20N2O2. The molecule has 1 fully saturated rings. The van der Waals surface area contributed by atoms with Gasteiger partial charge in [-0.05, 0) is 49.1 Å². The van der Waals surface area contributed by atoms with Crippen LogP contribution in [0.3, 0.4) is 0 Å². The fourth-order valence-corrected chi connectivity index (χ4v) is 2.56. The molecule has 4 heteroatoms. The van der Waals surface area contributed by atoms with Crippen molar-refractivity contribution < 1.29 is 9.90 Å². The first-order valence-electron chi connectivity index (χ1n) is 6.94. The third-order valence-corrected chi connectivity index (χ3v) is 4.27. The Bertz CT molecular complexity index is 495. The zero-order valence-electron chi connectivity index (χ0n) is 11.0. The number of fused-ring (bicyclic) bond motifs is 1. The SMILES string of the molecule is O=C(NCC1(CO)CC1)c1ccc2c(c1)CNCC2. The van der Waals surface area contributed by atoms with Crippen LogP contribution >= 0.6 is 0 Å². The van der Waals surface area contributed by atoms with E-state index in [-0.39, 0.29) is 17.9 Å². The Morgan fingerprint density at radius 2 is 2.21 bits per heavy atom. The fourth-order valence-electron chi connectivity index (χ4n) is 2.56. The molecule has 0 spiro atoms. The van der Waals surface area contributed by atoms with Crippen molar-refractivity contribution in [2.24, 2.45) is 5.41 Å². The van der Waals surface area contributed by atoms with Crippen molar-refractivity contribution in [2.45, 2.75) is 25.8 Å². The van der Waals surface area contributed by atoms with Crippen LogP contribution in [0.25, 0.3) is 0 Å². The Kier molecular flexibility index (Phi) is 3.29. The first kappa shape index (κ1) is 12.6. The lowest BCUT2D eigenvalue weighted by atomic mass is 9.98. The van der Waals surface area contributed by atoms with Crippen LogP contribution in [0, 0.1) is 5.41 Å². The van der Waals surface area contributed by atoms with Gasteiger partial charge < -0.3 is 15.7 Å². The standard InChI is InChI=1S/C15H20N2O2/c18-10-15(4-5-15)9-17-14(19)12-2-1-11-3-6-16-8-13(11)7-12/h1-2,7,16,18H,3-6,8-10H2,(H,17,19). The summed E-state index contributed by atoms with van der Waals surface area (Å²) >= 11 is 0. The van der Waals surface area contributed by atoms with E-state index in [1.54, 1.807) is 0 Å². The molecule has 1 aromatic carbocycles. The highest BCUT2D eigenvalue weighted by atomic mass is 16.3. The van der Waals surface area contributed by atoms with Crippen LogP contribution in [0.15, 0.2) is 18.2 Å². The number of carbonyl (C=O) groups excluding carboxylic acids is 1. The Morgan fingerprint density at radius 1 is 1.37 bits per heavy atom. The van der Waals surface area contributed by atoms with Crippen molar-refractivity contribution in [3.63, 3.8) is 0 Å². The van der Waals surface area contributed by atoms with Crippen LogP contribution in [0.2, 0.25) is 0 Å². The molecule has 0 unspecified atom stereocenters. The van der Waals surface area contributed by atoms with Crippen molar-refractivity contribution >= 4 is 5.91 Å². The third-order valence-electron chi connectivity index (χ3n) is 4.27. The molecule has 1 amide bonds. The van der Waals surface area contributed by atoms with Crippen LogP contribution in [0.5, 0.6) is 0 Å². The Morgan fingerprint density at radius 3 is 2.95 bits per heavy atom. The second-order valence-electron chi connectivity index (χ2n) is 5.75. The van der Waals surface area contributed by atoms with E-state index in [0.717, 1.165) is 37.9 Å². The number of hydrogen-bond donors (Lipinski definition) is 3. The molecule has 0 atom stereocenters. The van der Waals surface area contributed by atoms with Crippen molar-refractivity contribution in [2.75, 3.05) is 19.7 Å². The molecule has 2 aliphatic rings. The van der Waals surface area contributed by atoms with Crippen LogP contribution in [0.4, 0.5) is 0 Å². The van der Waals surface area contributed by atoms with Gasteiger partial charge in [0.05, 0.1) is 6.61 Å². The summed E-state index contributed by atoms with van der Waals surface area (Å²) in [7, 11) is 0. The second-order valence-corrected chi connectivity index (χ2v) is 5.75. The molecule has 3 rings (SSSR count). The first-order valence-corrected chi connectivity index (χ1v) is 6.94. The molecular weight excluding hydrogens is 240 g/mol. The predicted molar refractivity (Wildman–Crippen MR) is 72.9 cm³/mol. The van der Waals surface area contributed by atoms with Gasteiger partial charge in [0, 0.05) is 24.1 Å². The van der Waals surface area contributed by atoms with Gasteiger partial charge in [0.15, 0.2) is 0 Å². The summed E-state index contributed by atoms with van der Waals surface area (Å²) in [6.07, 6.45) is 3.06. The highest BCUT2D eigenvalue weighted by molar-refractivity contribution is 5.94. The summed E-state index contributed by atoms with van der Waals surface area (Å²) in [5.74, 6) is -0.0342. The molecule has 1 aliphatic heterocycles. The van der Waals surface area contributed by atoms with Gasteiger partial charge in [-0.3, -0.25) is 4.79 Å². The average molecular weight is 260 g/mol. The number of amides is 1. The van der Waals surface area contributed by atoms with E-state index in [4.69, 9.17) is 0 Å². The third kappa shape index (κ3) is 2.65. The molecule has 0 bridgehead atoms. The number of carbonyl (C=O) groups is 1. The number of benzene rings is 1. The maximum Gasteiger partial charge on any atom is 0.251 e. The lowest BCUT2D eigenvalue weighted by molar-refractivity contribution is 0.0935. The molecule has 3 N–H and O–H groups in total. The van der Waals surface area contributed by atoms with Gasteiger partial charge in [-0.25, -0.2) is 0 Å². The zero-order valence-corrected chi connectivity index (χ0v) is 11.0. The normalized spacial score (nSPS) is 19.6. The van der Waals surface area contributed by atoms with Gasteiger partial charge in [0.25, 0.3) is 5.91 Å². The van der Waals surface area contributed by atoms with E-state index >= 15 is 0 Å². The monoisotopic (exact) mass is 260 g/mol. The van der Waals surface area contributed by atoms with Crippen LogP contribution in [-0.2, 0) is 13.0 Å². The van der Waals surface area contributed by atoms with E-state index in [0.29, 0.717) is 6.54 Å². The Balaban J connectivity index is 1.66. The van der Waals surface area contributed by atoms with Crippen LogP contribution in [0.1, 0.15) is 34.3 Å². The minimum absolute atomic E-state index is 0.0342. The predicted octanol–water partition coefficient (Wildman–Crippen LogP) is 0.835. The maximum absolute atomic E-state index is 12.1. The molecule has 0 saturated heterocycles. The molecule has 1 heterocycles. The van der Waals surface area contributed by atoms with Gasteiger partial charge in [0.2, 0.25) is 0 Å². The lowest BCUT2D eigenvalue weighted by Crippen LogP contribution is -2.32. The van der Waals surface area contributed by atoms with Gasteiger partial charge in [-0.2, -0.15) is 0 Å². The quantitative estimate of drug-likeness (QED) is 0.751. The maximum atomic E-state index is 12.1. The Labute approximate surface area is 113 Å². The van der Waals surface area contributed by atoms with Gasteiger partial charge in [-0.1, -0.05) is 6.07 Å². The zero-order chi connectivity index (χ0) is 13.3. The molecule has 1 saturated carbocycles. The number of hydrogen-bond acceptors (Lipinski definition) is 3. The summed E-state index contributed by atoms with van der Waals surface area (Å²) in [4.78, 5) is 12.1.